The van der Waals surface area contributed by atoms with Crippen LogP contribution < -0.4 is 10.6 Å². The van der Waals surface area contributed by atoms with Gasteiger partial charge in [0.2, 0.25) is 0 Å². The van der Waals surface area contributed by atoms with Crippen molar-refractivity contribution in [2.45, 2.75) is 39.8 Å². The Kier molecular flexibility index (Phi) is 5.96. The number of nitrogens with zero attached hydrogens (tertiary/aromatic N) is 1. The number of carbonyl (C=O) groups is 2. The van der Waals surface area contributed by atoms with Crippen molar-refractivity contribution in [3.63, 3.8) is 0 Å². The number of pyridine rings is 1. The summed E-state index contributed by atoms with van der Waals surface area (Å²) in [5.74, 6) is -1.15. The van der Waals surface area contributed by atoms with E-state index in [4.69, 9.17) is 5.11 Å². The molecule has 1 aromatic rings. The van der Waals surface area contributed by atoms with Crippen LogP contribution in [0.4, 0.5) is 4.79 Å². The van der Waals surface area contributed by atoms with Crippen molar-refractivity contribution in [1.29, 1.82) is 0 Å². The monoisotopic (exact) mass is 279 g/mol. The van der Waals surface area contributed by atoms with E-state index >= 15 is 0 Å². The van der Waals surface area contributed by atoms with Crippen LogP contribution in [0, 0.1) is 12.8 Å². The molecular weight excluding hydrogens is 258 g/mol. The maximum Gasteiger partial charge on any atom is 0.326 e. The third-order valence-electron chi connectivity index (χ3n) is 3.19. The highest BCUT2D eigenvalue weighted by Gasteiger charge is 2.24. The molecule has 1 rings (SSSR count). The molecule has 0 bridgehead atoms. The molecule has 0 radical (unpaired) electrons. The summed E-state index contributed by atoms with van der Waals surface area (Å²) < 4.78 is 0. The first-order valence-corrected chi connectivity index (χ1v) is 6.62. The van der Waals surface area contributed by atoms with Crippen molar-refractivity contribution in [3.8, 4) is 0 Å². The van der Waals surface area contributed by atoms with Gasteiger partial charge >= 0.3 is 12.0 Å². The Balaban J connectivity index is 2.49. The van der Waals surface area contributed by atoms with Gasteiger partial charge in [-0.15, -0.1) is 0 Å². The summed E-state index contributed by atoms with van der Waals surface area (Å²) in [6.07, 6.45) is 2.36. The highest BCUT2D eigenvalue weighted by molar-refractivity contribution is 5.82. The van der Waals surface area contributed by atoms with Gasteiger partial charge in [-0.1, -0.05) is 26.3 Å². The number of aryl methyl sites for hydroxylation is 1. The number of aromatic nitrogens is 1. The summed E-state index contributed by atoms with van der Waals surface area (Å²) in [4.78, 5) is 26.9. The topological polar surface area (TPSA) is 91.3 Å². The molecule has 0 aliphatic carbocycles. The second-order valence-electron chi connectivity index (χ2n) is 4.84. The lowest BCUT2D eigenvalue weighted by atomic mass is 9.99. The number of hydrogen-bond donors (Lipinski definition) is 3. The predicted octanol–water partition coefficient (Wildman–Crippen LogP) is 1.69. The van der Waals surface area contributed by atoms with Crippen LogP contribution in [-0.4, -0.2) is 28.1 Å². The summed E-state index contributed by atoms with van der Waals surface area (Å²) in [6.45, 7) is 5.88. The zero-order chi connectivity index (χ0) is 15.1. The first-order chi connectivity index (χ1) is 9.43. The van der Waals surface area contributed by atoms with Gasteiger partial charge in [0, 0.05) is 18.4 Å². The lowest BCUT2D eigenvalue weighted by Gasteiger charge is -2.20. The van der Waals surface area contributed by atoms with E-state index in [1.807, 2.05) is 26.0 Å². The predicted molar refractivity (Wildman–Crippen MR) is 75.2 cm³/mol. The Labute approximate surface area is 118 Å². The van der Waals surface area contributed by atoms with E-state index in [0.29, 0.717) is 13.0 Å². The molecule has 3 N–H and O–H groups in total. The van der Waals surface area contributed by atoms with E-state index in [2.05, 4.69) is 15.6 Å². The first-order valence-electron chi connectivity index (χ1n) is 6.62. The molecule has 0 spiro atoms. The number of amides is 2. The average molecular weight is 279 g/mol. The Hall–Kier alpha value is -2.11. The Bertz CT molecular complexity index is 459. The summed E-state index contributed by atoms with van der Waals surface area (Å²) in [5, 5.41) is 14.2. The second kappa shape index (κ2) is 7.47. The molecule has 0 fully saturated rings. The number of nitrogens with one attached hydrogen (secondary N) is 2. The first kappa shape index (κ1) is 15.9. The van der Waals surface area contributed by atoms with Crippen LogP contribution in [0.15, 0.2) is 18.3 Å². The quantitative estimate of drug-likeness (QED) is 0.739. The minimum Gasteiger partial charge on any atom is -0.480 e. The van der Waals surface area contributed by atoms with Crippen LogP contribution in [0.5, 0.6) is 0 Å². The summed E-state index contributed by atoms with van der Waals surface area (Å²) in [5.41, 5.74) is 1.77. The van der Waals surface area contributed by atoms with Gasteiger partial charge in [0.25, 0.3) is 0 Å². The Morgan fingerprint density at radius 2 is 2.10 bits per heavy atom. The fourth-order valence-electron chi connectivity index (χ4n) is 1.66. The SMILES string of the molecule is CCC(C)[C@H](NC(=O)NCc1ccc(C)nc1)C(=O)O. The highest BCUT2D eigenvalue weighted by Crippen LogP contribution is 2.07. The molecule has 1 unspecified atom stereocenters. The zero-order valence-corrected chi connectivity index (χ0v) is 12.0. The zero-order valence-electron chi connectivity index (χ0n) is 12.0. The maximum atomic E-state index is 11.7. The third kappa shape index (κ3) is 4.87. The summed E-state index contributed by atoms with van der Waals surface area (Å²) in [7, 11) is 0. The minimum absolute atomic E-state index is 0.126. The van der Waals surface area contributed by atoms with E-state index in [-0.39, 0.29) is 5.92 Å². The molecule has 0 aliphatic rings. The van der Waals surface area contributed by atoms with Crippen molar-refractivity contribution in [1.82, 2.24) is 15.6 Å². The minimum atomic E-state index is -1.02. The molecule has 0 aromatic carbocycles. The highest BCUT2D eigenvalue weighted by atomic mass is 16.4. The smallest absolute Gasteiger partial charge is 0.326 e. The number of carboxylic acid groups (broad SMARTS) is 1. The van der Waals surface area contributed by atoms with E-state index < -0.39 is 18.0 Å². The molecule has 6 nitrogen and oxygen atoms in total. The van der Waals surface area contributed by atoms with Crippen LogP contribution in [0.2, 0.25) is 0 Å². The van der Waals surface area contributed by atoms with Crippen molar-refractivity contribution in [2.24, 2.45) is 5.92 Å². The van der Waals surface area contributed by atoms with Crippen LogP contribution >= 0.6 is 0 Å². The summed E-state index contributed by atoms with van der Waals surface area (Å²) >= 11 is 0. The Morgan fingerprint density at radius 3 is 2.60 bits per heavy atom. The third-order valence-corrected chi connectivity index (χ3v) is 3.19. The van der Waals surface area contributed by atoms with Crippen molar-refractivity contribution in [2.75, 3.05) is 0 Å². The molecule has 2 atom stereocenters. The molecule has 0 saturated carbocycles. The molecule has 1 heterocycles. The van der Waals surface area contributed by atoms with E-state index in [1.54, 1.807) is 13.1 Å². The van der Waals surface area contributed by atoms with Gasteiger partial charge in [-0.3, -0.25) is 4.98 Å². The number of carboxylic acids is 1. The molecule has 6 heteroatoms. The van der Waals surface area contributed by atoms with Crippen molar-refractivity contribution in [3.05, 3.63) is 29.6 Å². The fraction of sp³-hybridized carbons (Fsp3) is 0.500. The van der Waals surface area contributed by atoms with Gasteiger partial charge in [0.1, 0.15) is 6.04 Å². The van der Waals surface area contributed by atoms with Gasteiger partial charge in [0.15, 0.2) is 0 Å². The van der Waals surface area contributed by atoms with Gasteiger partial charge in [-0.05, 0) is 24.5 Å². The van der Waals surface area contributed by atoms with E-state index in [0.717, 1.165) is 11.3 Å². The Morgan fingerprint density at radius 1 is 1.40 bits per heavy atom. The van der Waals surface area contributed by atoms with Crippen molar-refractivity contribution >= 4 is 12.0 Å². The van der Waals surface area contributed by atoms with Crippen molar-refractivity contribution < 1.29 is 14.7 Å². The van der Waals surface area contributed by atoms with E-state index in [9.17, 15) is 9.59 Å². The van der Waals surface area contributed by atoms with Crippen LogP contribution in [-0.2, 0) is 11.3 Å². The molecule has 2 amide bonds. The lowest BCUT2D eigenvalue weighted by molar-refractivity contribution is -0.140. The number of hydrogen-bond acceptors (Lipinski definition) is 3. The van der Waals surface area contributed by atoms with Gasteiger partial charge in [-0.2, -0.15) is 0 Å². The lowest BCUT2D eigenvalue weighted by Crippen LogP contribution is -2.48. The molecule has 20 heavy (non-hydrogen) atoms. The molecule has 1 aromatic heterocycles. The second-order valence-corrected chi connectivity index (χ2v) is 4.84. The summed E-state index contributed by atoms with van der Waals surface area (Å²) in [6, 6.07) is 2.36. The number of urea groups is 1. The largest absolute Gasteiger partial charge is 0.480 e. The van der Waals surface area contributed by atoms with Crippen LogP contribution in [0.25, 0.3) is 0 Å². The van der Waals surface area contributed by atoms with Crippen LogP contribution in [0.1, 0.15) is 31.5 Å². The number of carbonyl (C=O) groups excluding carboxylic acids is 1. The van der Waals surface area contributed by atoms with Gasteiger partial charge in [0.05, 0.1) is 0 Å². The molecular formula is C14H21N3O3. The molecule has 110 valence electrons. The fourth-order valence-corrected chi connectivity index (χ4v) is 1.66. The number of aliphatic carboxylic acids is 1. The maximum absolute atomic E-state index is 11.7. The van der Waals surface area contributed by atoms with Gasteiger partial charge < -0.3 is 15.7 Å². The number of rotatable bonds is 6. The molecule has 0 aliphatic heterocycles. The van der Waals surface area contributed by atoms with Crippen LogP contribution in [0.3, 0.4) is 0 Å². The average Bonchev–Trinajstić information content (AvgIpc) is 2.43. The van der Waals surface area contributed by atoms with Gasteiger partial charge in [-0.25, -0.2) is 9.59 Å². The standard InChI is InChI=1S/C14H21N3O3/c1-4-9(2)12(13(18)19)17-14(20)16-8-11-6-5-10(3)15-7-11/h5-7,9,12H,4,8H2,1-3H3,(H,18,19)(H2,16,17,20)/t9?,12-/m0/s1. The molecule has 0 saturated heterocycles. The van der Waals surface area contributed by atoms with E-state index in [1.165, 1.54) is 0 Å². The normalized spacial score (nSPS) is 13.3.